The molecule has 11 rings (SSSR count). The van der Waals surface area contributed by atoms with Crippen molar-refractivity contribution >= 4 is 77.5 Å². The summed E-state index contributed by atoms with van der Waals surface area (Å²) in [4.78, 5) is 4.98. The standard InChI is InChI=1S/C50H33N3/c1-3-13-34(14-4-1)35-23-27-39(28-24-35)52-47-30-25-37-16-8-10-20-42(37)50(47)53(48-31-26-36-15-7-9-19-41(36)49(48)52)40-29-32-46-44(33-40)43-21-11-12-22-45(43)51(46)38-17-5-2-6-18-38/h1-33H. The van der Waals surface area contributed by atoms with Crippen molar-refractivity contribution in [2.75, 3.05) is 9.80 Å². The Kier molecular flexibility index (Phi) is 6.55. The van der Waals surface area contributed by atoms with Crippen molar-refractivity contribution in [3.63, 3.8) is 0 Å². The Morgan fingerprint density at radius 3 is 1.43 bits per heavy atom. The third kappa shape index (κ3) is 4.54. The van der Waals surface area contributed by atoms with E-state index in [1.807, 2.05) is 0 Å². The normalized spacial score (nSPS) is 12.5. The molecule has 2 heterocycles. The van der Waals surface area contributed by atoms with E-state index in [0.717, 1.165) is 28.4 Å². The minimum atomic E-state index is 1.12. The highest BCUT2D eigenvalue weighted by Crippen LogP contribution is 2.58. The maximum absolute atomic E-state index is 2.50. The number of rotatable bonds is 4. The smallest absolute Gasteiger partial charge is 0.0782 e. The fourth-order valence-corrected chi connectivity index (χ4v) is 8.48. The molecule has 0 aliphatic carbocycles. The number of hydrogen-bond acceptors (Lipinski definition) is 2. The minimum Gasteiger partial charge on any atom is -0.309 e. The number of fused-ring (bicyclic) bond motifs is 9. The van der Waals surface area contributed by atoms with E-state index in [-0.39, 0.29) is 0 Å². The van der Waals surface area contributed by atoms with Crippen LogP contribution in [-0.2, 0) is 0 Å². The molecule has 10 aromatic rings. The molecule has 0 saturated heterocycles. The predicted octanol–water partition coefficient (Wildman–Crippen LogP) is 14.0. The van der Waals surface area contributed by atoms with Crippen molar-refractivity contribution in [1.29, 1.82) is 0 Å². The van der Waals surface area contributed by atoms with Gasteiger partial charge in [-0.2, -0.15) is 0 Å². The van der Waals surface area contributed by atoms with Gasteiger partial charge in [0.1, 0.15) is 0 Å². The van der Waals surface area contributed by atoms with E-state index >= 15 is 0 Å². The van der Waals surface area contributed by atoms with Crippen molar-refractivity contribution in [3.05, 3.63) is 200 Å². The first-order valence-electron chi connectivity index (χ1n) is 18.2. The lowest BCUT2D eigenvalue weighted by Gasteiger charge is -2.41. The van der Waals surface area contributed by atoms with Gasteiger partial charge in [0, 0.05) is 38.6 Å². The van der Waals surface area contributed by atoms with E-state index in [4.69, 9.17) is 0 Å². The van der Waals surface area contributed by atoms with E-state index in [9.17, 15) is 0 Å². The van der Waals surface area contributed by atoms with Crippen LogP contribution >= 0.6 is 0 Å². The highest BCUT2D eigenvalue weighted by molar-refractivity contribution is 6.18. The molecule has 53 heavy (non-hydrogen) atoms. The van der Waals surface area contributed by atoms with Crippen molar-refractivity contribution in [3.8, 4) is 16.8 Å². The molecule has 3 heteroatoms. The molecule has 0 amide bonds. The number of benzene rings is 9. The Morgan fingerprint density at radius 1 is 0.283 bits per heavy atom. The van der Waals surface area contributed by atoms with Gasteiger partial charge in [-0.25, -0.2) is 0 Å². The van der Waals surface area contributed by atoms with Crippen molar-refractivity contribution < 1.29 is 0 Å². The first-order chi connectivity index (χ1) is 26.3. The van der Waals surface area contributed by atoms with Gasteiger partial charge in [-0.1, -0.05) is 140 Å². The maximum Gasteiger partial charge on any atom is 0.0782 e. The minimum absolute atomic E-state index is 1.12. The molecule has 0 spiro atoms. The van der Waals surface area contributed by atoms with Gasteiger partial charge in [-0.3, -0.25) is 0 Å². The van der Waals surface area contributed by atoms with Crippen LogP contribution in [0.2, 0.25) is 0 Å². The van der Waals surface area contributed by atoms with E-state index < -0.39 is 0 Å². The van der Waals surface area contributed by atoms with Gasteiger partial charge in [-0.05, 0) is 82.6 Å². The van der Waals surface area contributed by atoms with Gasteiger partial charge in [0.05, 0.1) is 33.8 Å². The molecule has 9 aromatic carbocycles. The lowest BCUT2D eigenvalue weighted by Crippen LogP contribution is -2.24. The van der Waals surface area contributed by atoms with Crippen LogP contribution in [0.4, 0.5) is 34.1 Å². The van der Waals surface area contributed by atoms with Gasteiger partial charge in [-0.15, -0.1) is 0 Å². The first kappa shape index (κ1) is 29.6. The van der Waals surface area contributed by atoms with Gasteiger partial charge >= 0.3 is 0 Å². The molecule has 0 N–H and O–H groups in total. The van der Waals surface area contributed by atoms with Crippen molar-refractivity contribution in [2.24, 2.45) is 0 Å². The van der Waals surface area contributed by atoms with Crippen LogP contribution in [-0.4, -0.2) is 4.57 Å². The van der Waals surface area contributed by atoms with Crippen LogP contribution in [0, 0.1) is 0 Å². The molecule has 1 aliphatic heterocycles. The Hall–Kier alpha value is -7.10. The third-order valence-corrected chi connectivity index (χ3v) is 10.8. The molecule has 0 fully saturated rings. The number of aromatic nitrogens is 1. The van der Waals surface area contributed by atoms with E-state index in [1.165, 1.54) is 65.9 Å². The van der Waals surface area contributed by atoms with E-state index in [2.05, 4.69) is 215 Å². The Balaban J connectivity index is 1.20. The highest BCUT2D eigenvalue weighted by Gasteiger charge is 2.33. The zero-order valence-electron chi connectivity index (χ0n) is 28.9. The first-order valence-corrected chi connectivity index (χ1v) is 18.2. The molecular formula is C50H33N3. The van der Waals surface area contributed by atoms with Crippen LogP contribution < -0.4 is 9.80 Å². The second-order valence-corrected chi connectivity index (χ2v) is 13.8. The van der Waals surface area contributed by atoms with Gasteiger partial charge < -0.3 is 14.4 Å². The molecule has 3 nitrogen and oxygen atoms in total. The van der Waals surface area contributed by atoms with Crippen LogP contribution in [0.15, 0.2) is 200 Å². The maximum atomic E-state index is 2.50. The van der Waals surface area contributed by atoms with E-state index in [1.54, 1.807) is 0 Å². The zero-order chi connectivity index (χ0) is 34.9. The second kappa shape index (κ2) is 11.7. The summed E-state index contributed by atoms with van der Waals surface area (Å²) in [5, 5.41) is 7.31. The van der Waals surface area contributed by atoms with Crippen molar-refractivity contribution in [1.82, 2.24) is 4.57 Å². The number of anilines is 6. The summed E-state index contributed by atoms with van der Waals surface area (Å²) in [6.07, 6.45) is 0. The summed E-state index contributed by atoms with van der Waals surface area (Å²) in [7, 11) is 0. The SMILES string of the molecule is c1ccc(-c2ccc(N3c4ccc5ccccc5c4N(c4ccc5c(c4)c4ccccc4n5-c4ccccc4)c4ccc5ccccc5c43)cc2)cc1. The molecule has 0 bridgehead atoms. The summed E-state index contributed by atoms with van der Waals surface area (Å²) in [5.74, 6) is 0. The largest absolute Gasteiger partial charge is 0.309 e. The van der Waals surface area contributed by atoms with Gasteiger partial charge in [0.2, 0.25) is 0 Å². The van der Waals surface area contributed by atoms with Crippen LogP contribution in [0.1, 0.15) is 0 Å². The summed E-state index contributed by atoms with van der Waals surface area (Å²) in [6, 6.07) is 72.8. The molecule has 1 aliphatic rings. The molecule has 248 valence electrons. The Labute approximate surface area is 307 Å². The van der Waals surface area contributed by atoms with Gasteiger partial charge in [0.15, 0.2) is 0 Å². The number of hydrogen-bond donors (Lipinski definition) is 0. The fraction of sp³-hybridized carbons (Fsp3) is 0. The third-order valence-electron chi connectivity index (χ3n) is 10.8. The predicted molar refractivity (Wildman–Crippen MR) is 224 cm³/mol. The average Bonchev–Trinajstić information content (AvgIpc) is 3.57. The summed E-state index contributed by atoms with van der Waals surface area (Å²) in [6.45, 7) is 0. The molecule has 1 aromatic heterocycles. The molecule has 0 unspecified atom stereocenters. The van der Waals surface area contributed by atoms with E-state index in [0.29, 0.717) is 0 Å². The molecule has 0 atom stereocenters. The summed E-state index contributed by atoms with van der Waals surface area (Å²) in [5.41, 5.74) is 12.8. The molecule has 0 radical (unpaired) electrons. The Morgan fingerprint density at radius 2 is 0.774 bits per heavy atom. The monoisotopic (exact) mass is 675 g/mol. The second-order valence-electron chi connectivity index (χ2n) is 13.8. The number of para-hydroxylation sites is 2. The Bertz CT molecular complexity index is 3000. The summed E-state index contributed by atoms with van der Waals surface area (Å²) < 4.78 is 2.39. The van der Waals surface area contributed by atoms with Gasteiger partial charge in [0.25, 0.3) is 0 Å². The lowest BCUT2D eigenvalue weighted by atomic mass is 9.96. The van der Waals surface area contributed by atoms with Crippen LogP contribution in [0.25, 0.3) is 60.2 Å². The lowest BCUT2D eigenvalue weighted by molar-refractivity contribution is 1.17. The molecule has 0 saturated carbocycles. The molecular weight excluding hydrogens is 643 g/mol. The summed E-state index contributed by atoms with van der Waals surface area (Å²) >= 11 is 0. The fourth-order valence-electron chi connectivity index (χ4n) is 8.48. The van der Waals surface area contributed by atoms with Crippen LogP contribution in [0.3, 0.4) is 0 Å². The average molecular weight is 676 g/mol. The topological polar surface area (TPSA) is 11.4 Å². The highest BCUT2D eigenvalue weighted by atomic mass is 15.3. The van der Waals surface area contributed by atoms with Crippen molar-refractivity contribution in [2.45, 2.75) is 0 Å². The number of nitrogens with zero attached hydrogens (tertiary/aromatic N) is 3. The quantitative estimate of drug-likeness (QED) is 0.184. The van der Waals surface area contributed by atoms with Crippen LogP contribution in [0.5, 0.6) is 0 Å². The zero-order valence-corrected chi connectivity index (χ0v) is 28.9.